The maximum absolute atomic E-state index is 13.8. The topological polar surface area (TPSA) is 54.8 Å². The fraction of sp³-hybridized carbons (Fsp3) is 0.292. The molecule has 16 heteroatoms. The van der Waals surface area contributed by atoms with Gasteiger partial charge in [0.05, 0.1) is 6.54 Å². The van der Waals surface area contributed by atoms with Crippen LogP contribution in [0.4, 0.5) is 54.0 Å². The lowest BCUT2D eigenvalue weighted by Gasteiger charge is -2.29. The highest BCUT2D eigenvalue weighted by atomic mass is 19.4. The van der Waals surface area contributed by atoms with E-state index in [1.54, 1.807) is 0 Å². The minimum absolute atomic E-state index is 0.102. The first kappa shape index (κ1) is 30.7. The summed E-state index contributed by atoms with van der Waals surface area (Å²) in [6.45, 7) is -1.82. The van der Waals surface area contributed by atoms with Crippen LogP contribution in [0.5, 0.6) is 17.4 Å². The van der Waals surface area contributed by atoms with Crippen LogP contribution in [0.2, 0.25) is 0 Å². The van der Waals surface area contributed by atoms with Crippen LogP contribution < -0.4 is 14.4 Å². The molecule has 1 N–H and O–H groups in total. The van der Waals surface area contributed by atoms with Crippen molar-refractivity contribution >= 4 is 5.69 Å². The highest BCUT2D eigenvalue weighted by Gasteiger charge is 2.58. The van der Waals surface area contributed by atoms with E-state index in [2.05, 4.69) is 9.72 Å². The van der Waals surface area contributed by atoms with E-state index in [9.17, 15) is 53.4 Å². The fourth-order valence-corrected chi connectivity index (χ4v) is 3.33. The molecule has 0 amide bonds. The molecule has 0 saturated carbocycles. The second kappa shape index (κ2) is 11.3. The van der Waals surface area contributed by atoms with E-state index < -0.39 is 55.3 Å². The lowest BCUT2D eigenvalue weighted by Crippen LogP contribution is -2.41. The first-order valence-electron chi connectivity index (χ1n) is 10.9. The molecule has 0 spiro atoms. The maximum atomic E-state index is 13.8. The molecule has 218 valence electrons. The van der Waals surface area contributed by atoms with E-state index in [1.807, 2.05) is 0 Å². The molecule has 5 nitrogen and oxygen atoms in total. The van der Waals surface area contributed by atoms with Gasteiger partial charge in [-0.25, -0.2) is 4.98 Å². The second-order valence-electron chi connectivity index (χ2n) is 8.19. The average molecular weight is 590 g/mol. The highest BCUT2D eigenvalue weighted by Crippen LogP contribution is 2.44. The van der Waals surface area contributed by atoms with Crippen molar-refractivity contribution in [3.05, 3.63) is 78.0 Å². The third-order valence-corrected chi connectivity index (χ3v) is 5.14. The van der Waals surface area contributed by atoms with Crippen molar-refractivity contribution < 1.29 is 62.9 Å². The summed E-state index contributed by atoms with van der Waals surface area (Å²) < 4.78 is 152. The lowest BCUT2D eigenvalue weighted by atomic mass is 10.0. The molecule has 3 rings (SSSR count). The maximum Gasteiger partial charge on any atom is 0.574 e. The monoisotopic (exact) mass is 590 g/mol. The van der Waals surface area contributed by atoms with Gasteiger partial charge in [0.15, 0.2) is 6.10 Å². The molecule has 40 heavy (non-hydrogen) atoms. The number of aliphatic hydroxyl groups is 1. The molecular formula is C24H17F11N2O3. The molecule has 0 saturated heterocycles. The number of benzene rings is 2. The van der Waals surface area contributed by atoms with Crippen molar-refractivity contribution in [1.82, 2.24) is 4.98 Å². The van der Waals surface area contributed by atoms with Crippen LogP contribution in [0, 0.1) is 0 Å². The molecule has 0 aliphatic carbocycles. The van der Waals surface area contributed by atoms with E-state index >= 15 is 0 Å². The van der Waals surface area contributed by atoms with Crippen molar-refractivity contribution in [2.24, 2.45) is 0 Å². The standard InChI is InChI=1S/C24H17F11N2O3/c25-21(26,23(30,31)32)15-4-1-3-14(9-15)12-37(13-19(38)22(27,28)29)16-5-2-6-17(10-16)39-18-7-8-36-20(11-18)40-24(33,34)35/h1-11,19,38H,12-13H2/t19-/m1/s1. The number of hydrogen-bond acceptors (Lipinski definition) is 5. The zero-order valence-electron chi connectivity index (χ0n) is 19.7. The summed E-state index contributed by atoms with van der Waals surface area (Å²) in [7, 11) is 0. The van der Waals surface area contributed by atoms with E-state index in [0.29, 0.717) is 12.1 Å². The Morgan fingerprint density at radius 1 is 0.800 bits per heavy atom. The Morgan fingerprint density at radius 2 is 1.45 bits per heavy atom. The summed E-state index contributed by atoms with van der Waals surface area (Å²) in [6, 6.07) is 9.75. The smallest absolute Gasteiger partial charge is 0.457 e. The summed E-state index contributed by atoms with van der Waals surface area (Å²) in [4.78, 5) is 4.21. The molecule has 0 bridgehead atoms. The van der Waals surface area contributed by atoms with E-state index in [4.69, 9.17) is 4.74 Å². The summed E-state index contributed by atoms with van der Waals surface area (Å²) in [5, 5.41) is 9.63. The summed E-state index contributed by atoms with van der Waals surface area (Å²) in [5.74, 6) is -6.45. The number of halogens is 11. The van der Waals surface area contributed by atoms with Crippen molar-refractivity contribution in [3.8, 4) is 17.4 Å². The summed E-state index contributed by atoms with van der Waals surface area (Å²) in [5.41, 5.74) is -1.79. The van der Waals surface area contributed by atoms with Gasteiger partial charge < -0.3 is 19.5 Å². The zero-order chi connectivity index (χ0) is 29.9. The number of aromatic nitrogens is 1. The minimum Gasteiger partial charge on any atom is -0.457 e. The van der Waals surface area contributed by atoms with Crippen molar-refractivity contribution in [2.75, 3.05) is 11.4 Å². The number of rotatable bonds is 9. The second-order valence-corrected chi connectivity index (χ2v) is 8.19. The van der Waals surface area contributed by atoms with Crippen molar-refractivity contribution in [3.63, 3.8) is 0 Å². The molecule has 1 atom stereocenters. The predicted octanol–water partition coefficient (Wildman–Crippen LogP) is 7.36. The van der Waals surface area contributed by atoms with Gasteiger partial charge in [-0.1, -0.05) is 24.3 Å². The van der Waals surface area contributed by atoms with Gasteiger partial charge in [0.1, 0.15) is 11.5 Å². The molecule has 0 unspecified atom stereocenters. The zero-order valence-corrected chi connectivity index (χ0v) is 19.7. The molecule has 0 fully saturated rings. The van der Waals surface area contributed by atoms with Crippen LogP contribution >= 0.6 is 0 Å². The van der Waals surface area contributed by atoms with Gasteiger partial charge in [0.25, 0.3) is 0 Å². The Kier molecular flexibility index (Phi) is 8.71. The quantitative estimate of drug-likeness (QED) is 0.264. The van der Waals surface area contributed by atoms with Gasteiger partial charge in [0, 0.05) is 36.1 Å². The highest BCUT2D eigenvalue weighted by molar-refractivity contribution is 5.52. The number of nitrogens with zero attached hydrogens (tertiary/aromatic N) is 2. The molecule has 1 aromatic heterocycles. The van der Waals surface area contributed by atoms with Gasteiger partial charge in [0.2, 0.25) is 5.88 Å². The molecule has 1 heterocycles. The number of aliphatic hydroxyl groups excluding tert-OH is 1. The van der Waals surface area contributed by atoms with Crippen LogP contribution in [0.25, 0.3) is 0 Å². The van der Waals surface area contributed by atoms with Crippen LogP contribution in [-0.4, -0.2) is 41.5 Å². The van der Waals surface area contributed by atoms with Crippen molar-refractivity contribution in [2.45, 2.75) is 37.3 Å². The molecular weight excluding hydrogens is 573 g/mol. The van der Waals surface area contributed by atoms with E-state index in [1.165, 1.54) is 18.2 Å². The Balaban J connectivity index is 1.92. The predicted molar refractivity (Wildman–Crippen MR) is 117 cm³/mol. The Hall–Kier alpha value is -3.82. The van der Waals surface area contributed by atoms with Crippen LogP contribution in [0.3, 0.4) is 0 Å². The summed E-state index contributed by atoms with van der Waals surface area (Å²) >= 11 is 0. The Morgan fingerprint density at radius 3 is 2.08 bits per heavy atom. The van der Waals surface area contributed by atoms with E-state index in [0.717, 1.165) is 41.4 Å². The molecule has 2 aromatic carbocycles. The number of pyridine rings is 1. The minimum atomic E-state index is -5.93. The average Bonchev–Trinajstić information content (AvgIpc) is 2.82. The van der Waals surface area contributed by atoms with Crippen LogP contribution in [0.1, 0.15) is 11.1 Å². The fourth-order valence-electron chi connectivity index (χ4n) is 3.33. The number of ether oxygens (including phenoxy) is 2. The lowest BCUT2D eigenvalue weighted by molar-refractivity contribution is -0.289. The molecule has 0 aliphatic rings. The third kappa shape index (κ3) is 8.09. The Bertz CT molecular complexity index is 1290. The SMILES string of the molecule is O[C@H](CN(Cc1cccc(C(F)(F)C(F)(F)F)c1)c1cccc(Oc2ccnc(OC(F)(F)F)c2)c1)C(F)(F)F. The Labute approximate surface area is 218 Å². The van der Waals surface area contributed by atoms with Gasteiger partial charge in [-0.15, -0.1) is 13.2 Å². The van der Waals surface area contributed by atoms with E-state index in [-0.39, 0.29) is 22.7 Å². The molecule has 3 aromatic rings. The van der Waals surface area contributed by atoms with Gasteiger partial charge in [-0.2, -0.15) is 35.1 Å². The normalized spacial score (nSPS) is 13.6. The number of hydrogen-bond donors (Lipinski definition) is 1. The van der Waals surface area contributed by atoms with Crippen molar-refractivity contribution in [1.29, 1.82) is 0 Å². The van der Waals surface area contributed by atoms with Crippen LogP contribution in [0.15, 0.2) is 66.9 Å². The largest absolute Gasteiger partial charge is 0.574 e. The third-order valence-electron chi connectivity index (χ3n) is 5.14. The first-order valence-corrected chi connectivity index (χ1v) is 10.9. The molecule has 0 radical (unpaired) electrons. The van der Waals surface area contributed by atoms with Gasteiger partial charge >= 0.3 is 24.6 Å². The van der Waals surface area contributed by atoms with Crippen LogP contribution in [-0.2, 0) is 12.5 Å². The van der Waals surface area contributed by atoms with Gasteiger partial charge in [-0.3, -0.25) is 0 Å². The van der Waals surface area contributed by atoms with Gasteiger partial charge in [-0.05, 0) is 29.8 Å². The molecule has 0 aliphatic heterocycles. The first-order chi connectivity index (χ1) is 18.3. The summed E-state index contributed by atoms with van der Waals surface area (Å²) in [6.07, 6.45) is -18.1. The number of anilines is 1. The number of alkyl halides is 11.